The molecule has 1 aliphatic carbocycles. The first kappa shape index (κ1) is 18.7. The van der Waals surface area contributed by atoms with E-state index in [1.54, 1.807) is 17.0 Å². The smallest absolute Gasteiger partial charge is 0.315 e. The highest BCUT2D eigenvalue weighted by Gasteiger charge is 2.34. The van der Waals surface area contributed by atoms with E-state index in [9.17, 15) is 14.0 Å². The Kier molecular flexibility index (Phi) is 5.21. The van der Waals surface area contributed by atoms with Crippen LogP contribution >= 0.6 is 0 Å². The molecule has 1 saturated heterocycles. The molecule has 3 atom stereocenters. The average molecular weight is 361 g/mol. The molecule has 0 unspecified atom stereocenters. The van der Waals surface area contributed by atoms with Gasteiger partial charge in [-0.25, -0.2) is 9.18 Å². The first-order chi connectivity index (χ1) is 12.2. The fourth-order valence-corrected chi connectivity index (χ4v) is 4.54. The molecule has 1 saturated carbocycles. The van der Waals surface area contributed by atoms with Crippen LogP contribution in [0.25, 0.3) is 0 Å². The number of benzene rings is 1. The van der Waals surface area contributed by atoms with Crippen molar-refractivity contribution in [2.75, 3.05) is 11.4 Å². The van der Waals surface area contributed by atoms with E-state index in [4.69, 9.17) is 0 Å². The van der Waals surface area contributed by atoms with E-state index in [0.717, 1.165) is 12.8 Å². The number of nitrogens with one attached hydrogen (secondary N) is 2. The maximum absolute atomic E-state index is 13.1. The summed E-state index contributed by atoms with van der Waals surface area (Å²) in [5.41, 5.74) is 0.891. The molecule has 142 valence electrons. The van der Waals surface area contributed by atoms with Gasteiger partial charge in [-0.1, -0.05) is 20.8 Å². The maximum atomic E-state index is 13.1. The number of carbonyl (C=O) groups is 2. The van der Waals surface area contributed by atoms with Gasteiger partial charge in [-0.15, -0.1) is 0 Å². The molecule has 1 aromatic carbocycles. The van der Waals surface area contributed by atoms with Crippen molar-refractivity contribution in [1.82, 2.24) is 10.6 Å². The molecular formula is C20H28FN3O2. The SMILES string of the molecule is C[C@H]1C[C@H](NC(=O)N[C@@H]2CC(=O)N(c3ccc(F)cc3)C2)CC(C)(C)C1. The second-order valence-electron chi connectivity index (χ2n) is 8.61. The van der Waals surface area contributed by atoms with E-state index in [-0.39, 0.29) is 41.7 Å². The second-order valence-corrected chi connectivity index (χ2v) is 8.61. The molecule has 0 bridgehead atoms. The van der Waals surface area contributed by atoms with Crippen LogP contribution in [0.15, 0.2) is 24.3 Å². The molecule has 1 heterocycles. The van der Waals surface area contributed by atoms with Crippen molar-refractivity contribution in [3.8, 4) is 0 Å². The minimum absolute atomic E-state index is 0.0608. The Hall–Kier alpha value is -2.11. The van der Waals surface area contributed by atoms with Gasteiger partial charge in [-0.05, 0) is 54.9 Å². The minimum atomic E-state index is -0.334. The molecule has 3 amide bonds. The van der Waals surface area contributed by atoms with E-state index in [1.165, 1.54) is 18.6 Å². The summed E-state index contributed by atoms with van der Waals surface area (Å²) in [6.07, 6.45) is 3.39. The lowest BCUT2D eigenvalue weighted by molar-refractivity contribution is -0.117. The Balaban J connectivity index is 1.54. The Bertz CT molecular complexity index is 674. The summed E-state index contributed by atoms with van der Waals surface area (Å²) in [6, 6.07) is 5.56. The van der Waals surface area contributed by atoms with Gasteiger partial charge in [0.05, 0.1) is 6.04 Å². The summed E-state index contributed by atoms with van der Waals surface area (Å²) in [5.74, 6) is 0.194. The molecule has 0 spiro atoms. The van der Waals surface area contributed by atoms with Gasteiger partial charge < -0.3 is 15.5 Å². The van der Waals surface area contributed by atoms with Crippen LogP contribution in [0.1, 0.15) is 46.5 Å². The standard InChI is InChI=1S/C20H28FN3O2/c1-13-8-15(11-20(2,3)10-13)22-19(26)23-16-9-18(25)24(12-16)17-6-4-14(21)5-7-17/h4-7,13,15-16H,8-12H2,1-3H3,(H2,22,23,26)/t13-,15-,16+/m0/s1. The zero-order valence-corrected chi connectivity index (χ0v) is 15.7. The summed E-state index contributed by atoms with van der Waals surface area (Å²) < 4.78 is 13.1. The minimum Gasteiger partial charge on any atom is -0.335 e. The van der Waals surface area contributed by atoms with Crippen molar-refractivity contribution in [2.24, 2.45) is 11.3 Å². The summed E-state index contributed by atoms with van der Waals surface area (Å²) in [4.78, 5) is 26.2. The van der Waals surface area contributed by atoms with Crippen LogP contribution in [-0.2, 0) is 4.79 Å². The van der Waals surface area contributed by atoms with E-state index in [2.05, 4.69) is 31.4 Å². The zero-order chi connectivity index (χ0) is 18.9. The van der Waals surface area contributed by atoms with Gasteiger partial charge in [0.25, 0.3) is 0 Å². The molecular weight excluding hydrogens is 333 g/mol. The number of urea groups is 1. The molecule has 6 heteroatoms. The number of hydrogen-bond acceptors (Lipinski definition) is 2. The predicted molar refractivity (Wildman–Crippen MR) is 99.4 cm³/mol. The summed E-state index contributed by atoms with van der Waals surface area (Å²) in [6.45, 7) is 7.12. The van der Waals surface area contributed by atoms with Crippen LogP contribution in [0, 0.1) is 17.2 Å². The van der Waals surface area contributed by atoms with E-state index in [0.29, 0.717) is 18.2 Å². The number of nitrogens with zero attached hydrogens (tertiary/aromatic N) is 1. The zero-order valence-electron chi connectivity index (χ0n) is 15.7. The number of rotatable bonds is 3. The number of halogens is 1. The Morgan fingerprint density at radius 2 is 1.81 bits per heavy atom. The molecule has 5 nitrogen and oxygen atoms in total. The molecule has 0 aromatic heterocycles. The van der Waals surface area contributed by atoms with Crippen LogP contribution < -0.4 is 15.5 Å². The van der Waals surface area contributed by atoms with Crippen LogP contribution in [0.4, 0.5) is 14.9 Å². The summed E-state index contributed by atoms with van der Waals surface area (Å²) in [7, 11) is 0. The number of amides is 3. The lowest BCUT2D eigenvalue weighted by Crippen LogP contribution is -2.50. The largest absolute Gasteiger partial charge is 0.335 e. The highest BCUT2D eigenvalue weighted by atomic mass is 19.1. The third-order valence-electron chi connectivity index (χ3n) is 5.32. The van der Waals surface area contributed by atoms with Crippen molar-refractivity contribution in [3.05, 3.63) is 30.1 Å². The van der Waals surface area contributed by atoms with Crippen LogP contribution in [0.3, 0.4) is 0 Å². The summed E-state index contributed by atoms with van der Waals surface area (Å²) in [5, 5.41) is 6.00. The van der Waals surface area contributed by atoms with Gasteiger partial charge in [-0.2, -0.15) is 0 Å². The first-order valence-corrected chi connectivity index (χ1v) is 9.35. The molecule has 2 aliphatic rings. The Labute approximate surface area is 154 Å². The number of hydrogen-bond donors (Lipinski definition) is 2. The topological polar surface area (TPSA) is 61.4 Å². The lowest BCUT2D eigenvalue weighted by atomic mass is 9.71. The normalized spacial score (nSPS) is 28.1. The molecule has 1 aliphatic heterocycles. The Morgan fingerprint density at radius 3 is 2.46 bits per heavy atom. The van der Waals surface area contributed by atoms with Crippen molar-refractivity contribution >= 4 is 17.6 Å². The summed E-state index contributed by atoms with van der Waals surface area (Å²) >= 11 is 0. The maximum Gasteiger partial charge on any atom is 0.315 e. The third kappa shape index (κ3) is 4.54. The molecule has 2 N–H and O–H groups in total. The van der Waals surface area contributed by atoms with E-state index in [1.807, 2.05) is 0 Å². The fraction of sp³-hybridized carbons (Fsp3) is 0.600. The van der Waals surface area contributed by atoms with Gasteiger partial charge in [0.1, 0.15) is 5.82 Å². The monoisotopic (exact) mass is 361 g/mol. The fourth-order valence-electron chi connectivity index (χ4n) is 4.54. The van der Waals surface area contributed by atoms with Gasteiger partial charge >= 0.3 is 6.03 Å². The van der Waals surface area contributed by atoms with E-state index < -0.39 is 0 Å². The third-order valence-corrected chi connectivity index (χ3v) is 5.32. The van der Waals surface area contributed by atoms with Crippen LogP contribution in [-0.4, -0.2) is 30.6 Å². The Morgan fingerprint density at radius 1 is 1.15 bits per heavy atom. The quantitative estimate of drug-likeness (QED) is 0.866. The van der Waals surface area contributed by atoms with Gasteiger partial charge in [0.15, 0.2) is 0 Å². The molecule has 3 rings (SSSR count). The second kappa shape index (κ2) is 7.25. The van der Waals surface area contributed by atoms with Gasteiger partial charge in [0, 0.05) is 24.7 Å². The number of anilines is 1. The highest BCUT2D eigenvalue weighted by molar-refractivity contribution is 5.96. The predicted octanol–water partition coefficient (Wildman–Crippen LogP) is 3.45. The van der Waals surface area contributed by atoms with Crippen molar-refractivity contribution in [2.45, 2.75) is 58.5 Å². The van der Waals surface area contributed by atoms with E-state index >= 15 is 0 Å². The first-order valence-electron chi connectivity index (χ1n) is 9.35. The van der Waals surface area contributed by atoms with Crippen molar-refractivity contribution < 1.29 is 14.0 Å². The lowest BCUT2D eigenvalue weighted by Gasteiger charge is -2.39. The molecule has 0 radical (unpaired) electrons. The highest BCUT2D eigenvalue weighted by Crippen LogP contribution is 2.38. The van der Waals surface area contributed by atoms with Crippen molar-refractivity contribution in [3.63, 3.8) is 0 Å². The van der Waals surface area contributed by atoms with Gasteiger partial charge in [-0.3, -0.25) is 4.79 Å². The molecule has 2 fully saturated rings. The molecule has 26 heavy (non-hydrogen) atoms. The van der Waals surface area contributed by atoms with Crippen LogP contribution in [0.5, 0.6) is 0 Å². The average Bonchev–Trinajstić information content (AvgIpc) is 2.86. The number of carbonyl (C=O) groups excluding carboxylic acids is 2. The molecule has 1 aromatic rings. The van der Waals surface area contributed by atoms with Gasteiger partial charge in [0.2, 0.25) is 5.91 Å². The van der Waals surface area contributed by atoms with Crippen molar-refractivity contribution in [1.29, 1.82) is 0 Å². The van der Waals surface area contributed by atoms with Crippen LogP contribution in [0.2, 0.25) is 0 Å².